The van der Waals surface area contributed by atoms with E-state index in [1.807, 2.05) is 13.8 Å². The Labute approximate surface area is 115 Å². The van der Waals surface area contributed by atoms with Gasteiger partial charge >= 0.3 is 5.97 Å². The van der Waals surface area contributed by atoms with E-state index in [9.17, 15) is 9.18 Å². The Bertz CT molecular complexity index is 423. The molecule has 0 fully saturated rings. The normalized spacial score (nSPS) is 12.6. The van der Waals surface area contributed by atoms with Gasteiger partial charge in [-0.1, -0.05) is 35.8 Å². The third-order valence-electron chi connectivity index (χ3n) is 2.65. The molecule has 0 radical (unpaired) electrons. The van der Waals surface area contributed by atoms with Gasteiger partial charge in [-0.05, 0) is 18.1 Å². The molecule has 3 nitrogen and oxygen atoms in total. The number of methoxy groups -OCH3 is 1. The molecule has 0 aliphatic rings. The van der Waals surface area contributed by atoms with E-state index in [1.54, 1.807) is 12.1 Å². The number of carbonyl (C=O) groups excluding carboxylic acids is 1. The van der Waals surface area contributed by atoms with Crippen molar-refractivity contribution in [1.82, 2.24) is 5.32 Å². The van der Waals surface area contributed by atoms with Crippen molar-refractivity contribution in [3.63, 3.8) is 0 Å². The van der Waals surface area contributed by atoms with E-state index >= 15 is 0 Å². The molecule has 100 valence electrons. The number of halogens is 2. The van der Waals surface area contributed by atoms with Crippen LogP contribution < -0.4 is 5.32 Å². The number of rotatable bonds is 5. The molecule has 1 rings (SSSR count). The first-order valence-corrected chi connectivity index (χ1v) is 6.50. The summed E-state index contributed by atoms with van der Waals surface area (Å²) in [5.41, 5.74) is 0.521. The summed E-state index contributed by atoms with van der Waals surface area (Å²) in [6.45, 7) is 4.11. The molecule has 0 saturated heterocycles. The van der Waals surface area contributed by atoms with Crippen molar-refractivity contribution >= 4 is 21.9 Å². The average molecular weight is 318 g/mol. The molecule has 0 heterocycles. The highest BCUT2D eigenvalue weighted by Gasteiger charge is 2.22. The molecule has 0 bridgehead atoms. The fraction of sp³-hybridized carbons (Fsp3) is 0.462. The van der Waals surface area contributed by atoms with Gasteiger partial charge in [0.2, 0.25) is 0 Å². The zero-order valence-electron chi connectivity index (χ0n) is 10.7. The van der Waals surface area contributed by atoms with E-state index in [0.717, 1.165) is 0 Å². The Balaban J connectivity index is 2.70. The summed E-state index contributed by atoms with van der Waals surface area (Å²) in [4.78, 5) is 11.5. The van der Waals surface area contributed by atoms with E-state index in [2.05, 4.69) is 21.2 Å². The lowest BCUT2D eigenvalue weighted by Crippen LogP contribution is -2.41. The van der Waals surface area contributed by atoms with Gasteiger partial charge < -0.3 is 4.74 Å². The van der Waals surface area contributed by atoms with Gasteiger partial charge in [-0.2, -0.15) is 0 Å². The molecule has 1 aromatic carbocycles. The van der Waals surface area contributed by atoms with Gasteiger partial charge in [-0.3, -0.25) is 10.1 Å². The van der Waals surface area contributed by atoms with Crippen LogP contribution in [0.2, 0.25) is 0 Å². The van der Waals surface area contributed by atoms with Crippen LogP contribution in [-0.4, -0.2) is 19.1 Å². The Kier molecular flexibility index (Phi) is 5.75. The van der Waals surface area contributed by atoms with E-state index in [4.69, 9.17) is 4.74 Å². The minimum absolute atomic E-state index is 0.0796. The highest BCUT2D eigenvalue weighted by Crippen LogP contribution is 2.15. The number of ether oxygens (including phenoxy) is 1. The van der Waals surface area contributed by atoms with Crippen molar-refractivity contribution in [2.45, 2.75) is 26.4 Å². The predicted molar refractivity (Wildman–Crippen MR) is 71.6 cm³/mol. The van der Waals surface area contributed by atoms with E-state index in [1.165, 1.54) is 13.2 Å². The van der Waals surface area contributed by atoms with Gasteiger partial charge in [0.05, 0.1) is 7.11 Å². The number of hydrogen-bond acceptors (Lipinski definition) is 3. The maximum atomic E-state index is 13.6. The third kappa shape index (κ3) is 4.07. The molecule has 0 aliphatic heterocycles. The van der Waals surface area contributed by atoms with Gasteiger partial charge in [0, 0.05) is 16.6 Å². The second kappa shape index (κ2) is 6.85. The first-order valence-electron chi connectivity index (χ1n) is 5.70. The molecule has 0 unspecified atom stereocenters. The smallest absolute Gasteiger partial charge is 0.323 e. The SMILES string of the molecule is COC(=O)[C@@H](NCc1ccc(Br)cc1F)C(C)C. The lowest BCUT2D eigenvalue weighted by Gasteiger charge is -2.20. The molecule has 0 aromatic heterocycles. The van der Waals surface area contributed by atoms with Crippen LogP contribution in [0, 0.1) is 11.7 Å². The van der Waals surface area contributed by atoms with Crippen LogP contribution in [0.5, 0.6) is 0 Å². The monoisotopic (exact) mass is 317 g/mol. The molecule has 5 heteroatoms. The van der Waals surface area contributed by atoms with Crippen molar-refractivity contribution in [3.05, 3.63) is 34.1 Å². The molecular formula is C13H17BrFNO2. The Morgan fingerprint density at radius 1 is 1.50 bits per heavy atom. The van der Waals surface area contributed by atoms with Gasteiger partial charge in [0.15, 0.2) is 0 Å². The minimum Gasteiger partial charge on any atom is -0.468 e. The van der Waals surface area contributed by atoms with Crippen LogP contribution in [0.4, 0.5) is 4.39 Å². The molecule has 0 amide bonds. The highest BCUT2D eigenvalue weighted by molar-refractivity contribution is 9.10. The Morgan fingerprint density at radius 2 is 2.17 bits per heavy atom. The fourth-order valence-corrected chi connectivity index (χ4v) is 1.94. The quantitative estimate of drug-likeness (QED) is 0.849. The van der Waals surface area contributed by atoms with Crippen LogP contribution in [0.15, 0.2) is 22.7 Å². The maximum absolute atomic E-state index is 13.6. The number of hydrogen-bond donors (Lipinski definition) is 1. The molecule has 1 N–H and O–H groups in total. The van der Waals surface area contributed by atoms with E-state index < -0.39 is 6.04 Å². The topological polar surface area (TPSA) is 38.3 Å². The van der Waals surface area contributed by atoms with Crippen LogP contribution in [0.1, 0.15) is 19.4 Å². The molecule has 0 spiro atoms. The summed E-state index contributed by atoms with van der Waals surface area (Å²) in [5.74, 6) is -0.553. The summed E-state index contributed by atoms with van der Waals surface area (Å²) in [5, 5.41) is 3.02. The number of benzene rings is 1. The molecule has 18 heavy (non-hydrogen) atoms. The predicted octanol–water partition coefficient (Wildman–Crippen LogP) is 2.88. The summed E-state index contributed by atoms with van der Waals surface area (Å²) in [7, 11) is 1.35. The standard InChI is InChI=1S/C13H17BrFNO2/c1-8(2)12(13(17)18-3)16-7-9-4-5-10(14)6-11(9)15/h4-6,8,12,16H,7H2,1-3H3/t12-/m0/s1. The Morgan fingerprint density at radius 3 is 2.67 bits per heavy atom. The molecule has 0 saturated carbocycles. The first kappa shape index (κ1) is 15.1. The van der Waals surface area contributed by atoms with E-state index in [0.29, 0.717) is 10.0 Å². The zero-order valence-corrected chi connectivity index (χ0v) is 12.3. The summed E-state index contributed by atoms with van der Waals surface area (Å²) < 4.78 is 19.0. The van der Waals surface area contributed by atoms with Crippen molar-refractivity contribution < 1.29 is 13.9 Å². The van der Waals surface area contributed by atoms with Crippen molar-refractivity contribution in [1.29, 1.82) is 0 Å². The van der Waals surface area contributed by atoms with E-state index in [-0.39, 0.29) is 24.2 Å². The van der Waals surface area contributed by atoms with Gasteiger partial charge in [0.25, 0.3) is 0 Å². The fourth-order valence-electron chi connectivity index (χ4n) is 1.60. The van der Waals surface area contributed by atoms with Crippen LogP contribution in [-0.2, 0) is 16.1 Å². The van der Waals surface area contributed by atoms with Crippen LogP contribution in [0.3, 0.4) is 0 Å². The van der Waals surface area contributed by atoms with Gasteiger partial charge in [-0.15, -0.1) is 0 Å². The van der Waals surface area contributed by atoms with Crippen LogP contribution in [0.25, 0.3) is 0 Å². The number of carbonyl (C=O) groups is 1. The third-order valence-corrected chi connectivity index (χ3v) is 3.14. The van der Waals surface area contributed by atoms with Gasteiger partial charge in [-0.25, -0.2) is 4.39 Å². The average Bonchev–Trinajstić information content (AvgIpc) is 2.31. The molecular weight excluding hydrogens is 301 g/mol. The highest BCUT2D eigenvalue weighted by atomic mass is 79.9. The molecule has 1 atom stereocenters. The second-order valence-corrected chi connectivity index (χ2v) is 5.28. The van der Waals surface area contributed by atoms with Gasteiger partial charge in [0.1, 0.15) is 11.9 Å². The Hall–Kier alpha value is -0.940. The lowest BCUT2D eigenvalue weighted by atomic mass is 10.0. The molecule has 0 aliphatic carbocycles. The largest absolute Gasteiger partial charge is 0.468 e. The summed E-state index contributed by atoms with van der Waals surface area (Å²) in [6, 6.07) is 4.42. The number of esters is 1. The zero-order chi connectivity index (χ0) is 13.7. The lowest BCUT2D eigenvalue weighted by molar-refractivity contribution is -0.144. The molecule has 1 aromatic rings. The van der Waals surface area contributed by atoms with Crippen molar-refractivity contribution in [2.24, 2.45) is 5.92 Å². The second-order valence-electron chi connectivity index (χ2n) is 4.36. The number of nitrogens with one attached hydrogen (secondary N) is 1. The first-order chi connectivity index (χ1) is 8.45. The maximum Gasteiger partial charge on any atom is 0.323 e. The van der Waals surface area contributed by atoms with Crippen molar-refractivity contribution in [3.8, 4) is 0 Å². The summed E-state index contributed by atoms with van der Waals surface area (Å²) >= 11 is 3.20. The van der Waals surface area contributed by atoms with Crippen LogP contribution >= 0.6 is 15.9 Å². The minimum atomic E-state index is -0.432. The summed E-state index contributed by atoms with van der Waals surface area (Å²) in [6.07, 6.45) is 0. The van der Waals surface area contributed by atoms with Crippen molar-refractivity contribution in [2.75, 3.05) is 7.11 Å².